The van der Waals surface area contributed by atoms with E-state index in [1.165, 1.54) is 5.57 Å². The van der Waals surface area contributed by atoms with Gasteiger partial charge in [-0.2, -0.15) is 0 Å². The molecule has 0 saturated heterocycles. The van der Waals surface area contributed by atoms with E-state index in [1.54, 1.807) is 0 Å². The molecule has 0 spiro atoms. The molecule has 0 aromatic carbocycles. The maximum Gasteiger partial charge on any atom is 0.129 e. The second-order valence-electron chi connectivity index (χ2n) is 3.06. The van der Waals surface area contributed by atoms with Crippen LogP contribution in [-0.2, 0) is 0 Å². The first-order valence-corrected chi connectivity index (χ1v) is 4.76. The van der Waals surface area contributed by atoms with Crippen LogP contribution in [-0.4, -0.2) is 18.1 Å². The van der Waals surface area contributed by atoms with Crippen molar-refractivity contribution in [2.45, 2.75) is 6.42 Å². The molecule has 1 aliphatic rings. The smallest absolute Gasteiger partial charge is 0.129 e. The summed E-state index contributed by atoms with van der Waals surface area (Å²) < 4.78 is 0. The molecule has 1 N–H and O–H groups in total. The Bertz CT molecular complexity index is 316. The van der Waals surface area contributed by atoms with E-state index in [1.807, 2.05) is 18.3 Å². The van der Waals surface area contributed by atoms with E-state index in [9.17, 15) is 0 Å². The van der Waals surface area contributed by atoms with Crippen molar-refractivity contribution in [2.75, 3.05) is 13.1 Å². The molecular formula is C10H11ClN2. The summed E-state index contributed by atoms with van der Waals surface area (Å²) in [5.41, 5.74) is 2.48. The molecule has 2 rings (SSSR count). The fourth-order valence-electron chi connectivity index (χ4n) is 1.43. The zero-order chi connectivity index (χ0) is 9.10. The second-order valence-corrected chi connectivity index (χ2v) is 3.45. The zero-order valence-corrected chi connectivity index (χ0v) is 8.01. The summed E-state index contributed by atoms with van der Waals surface area (Å²) in [5.74, 6) is 0. The van der Waals surface area contributed by atoms with Gasteiger partial charge >= 0.3 is 0 Å². The van der Waals surface area contributed by atoms with E-state index in [2.05, 4.69) is 16.4 Å². The van der Waals surface area contributed by atoms with Crippen molar-refractivity contribution in [1.29, 1.82) is 0 Å². The third-order valence-corrected chi connectivity index (χ3v) is 2.35. The highest BCUT2D eigenvalue weighted by molar-refractivity contribution is 6.29. The third-order valence-electron chi connectivity index (χ3n) is 2.13. The lowest BCUT2D eigenvalue weighted by atomic mass is 10.0. The van der Waals surface area contributed by atoms with Crippen molar-refractivity contribution >= 4 is 17.2 Å². The van der Waals surface area contributed by atoms with Crippen LogP contribution in [0.4, 0.5) is 0 Å². The topological polar surface area (TPSA) is 24.9 Å². The van der Waals surface area contributed by atoms with Gasteiger partial charge in [0.15, 0.2) is 0 Å². The molecule has 68 valence electrons. The van der Waals surface area contributed by atoms with Crippen LogP contribution >= 0.6 is 11.6 Å². The van der Waals surface area contributed by atoms with E-state index >= 15 is 0 Å². The molecule has 3 heteroatoms. The number of halogens is 1. The fourth-order valence-corrected chi connectivity index (χ4v) is 1.54. The number of hydrogen-bond acceptors (Lipinski definition) is 2. The predicted octanol–water partition coefficient (Wildman–Crippen LogP) is 2.11. The van der Waals surface area contributed by atoms with E-state index < -0.39 is 0 Å². The molecule has 0 saturated carbocycles. The van der Waals surface area contributed by atoms with Gasteiger partial charge in [-0.25, -0.2) is 4.98 Å². The summed E-state index contributed by atoms with van der Waals surface area (Å²) in [6.45, 7) is 2.01. The summed E-state index contributed by atoms with van der Waals surface area (Å²) in [7, 11) is 0. The van der Waals surface area contributed by atoms with Crippen LogP contribution in [0.25, 0.3) is 5.57 Å². The van der Waals surface area contributed by atoms with E-state index in [-0.39, 0.29) is 0 Å². The maximum absolute atomic E-state index is 5.70. The summed E-state index contributed by atoms with van der Waals surface area (Å²) in [6.07, 6.45) is 5.17. The van der Waals surface area contributed by atoms with Gasteiger partial charge in [-0.05, 0) is 30.2 Å². The van der Waals surface area contributed by atoms with Gasteiger partial charge in [0.25, 0.3) is 0 Å². The molecule has 0 bridgehead atoms. The molecule has 1 aromatic heterocycles. The Labute approximate surface area is 82.6 Å². The minimum absolute atomic E-state index is 0.549. The lowest BCUT2D eigenvalue weighted by Gasteiger charge is -2.13. The number of hydrogen-bond donors (Lipinski definition) is 1. The first kappa shape index (κ1) is 8.73. The minimum Gasteiger partial charge on any atom is -0.312 e. The van der Waals surface area contributed by atoms with Crippen LogP contribution in [0, 0.1) is 0 Å². The Morgan fingerprint density at radius 1 is 1.38 bits per heavy atom. The summed E-state index contributed by atoms with van der Waals surface area (Å²) >= 11 is 5.70. The Hall–Kier alpha value is -0.860. The third kappa shape index (κ3) is 2.08. The highest BCUT2D eigenvalue weighted by atomic mass is 35.5. The van der Waals surface area contributed by atoms with Crippen molar-refractivity contribution in [3.05, 3.63) is 35.1 Å². The average molecular weight is 195 g/mol. The lowest BCUT2D eigenvalue weighted by molar-refractivity contribution is 0.739. The summed E-state index contributed by atoms with van der Waals surface area (Å²) in [4.78, 5) is 4.05. The van der Waals surface area contributed by atoms with Gasteiger partial charge in [0.2, 0.25) is 0 Å². The van der Waals surface area contributed by atoms with Crippen LogP contribution < -0.4 is 5.32 Å². The highest BCUT2D eigenvalue weighted by Gasteiger charge is 2.04. The monoisotopic (exact) mass is 194 g/mol. The van der Waals surface area contributed by atoms with Gasteiger partial charge in [0.05, 0.1) is 0 Å². The number of nitrogens with zero attached hydrogens (tertiary/aromatic N) is 1. The molecule has 0 unspecified atom stereocenters. The van der Waals surface area contributed by atoms with Gasteiger partial charge in [-0.1, -0.05) is 23.7 Å². The number of rotatable bonds is 1. The van der Waals surface area contributed by atoms with Crippen LogP contribution in [0.2, 0.25) is 5.15 Å². The van der Waals surface area contributed by atoms with Crippen molar-refractivity contribution < 1.29 is 0 Å². The van der Waals surface area contributed by atoms with Gasteiger partial charge in [-0.3, -0.25) is 0 Å². The number of nitrogens with one attached hydrogen (secondary N) is 1. The SMILES string of the molecule is Clc1ccc(C2=CCCNC2)cn1. The van der Waals surface area contributed by atoms with Gasteiger partial charge in [0.1, 0.15) is 5.15 Å². The predicted molar refractivity (Wildman–Crippen MR) is 54.7 cm³/mol. The van der Waals surface area contributed by atoms with Crippen LogP contribution in [0.3, 0.4) is 0 Å². The van der Waals surface area contributed by atoms with Crippen LogP contribution in [0.1, 0.15) is 12.0 Å². The van der Waals surface area contributed by atoms with Crippen LogP contribution in [0.5, 0.6) is 0 Å². The largest absolute Gasteiger partial charge is 0.312 e. The van der Waals surface area contributed by atoms with Crippen molar-refractivity contribution in [3.63, 3.8) is 0 Å². The maximum atomic E-state index is 5.70. The molecule has 0 radical (unpaired) electrons. The standard InChI is InChI=1S/C10H11ClN2/c11-10-4-3-9(7-13-10)8-2-1-5-12-6-8/h2-4,7,12H,1,5-6H2. The quantitative estimate of drug-likeness (QED) is 0.693. The van der Waals surface area contributed by atoms with Crippen LogP contribution in [0.15, 0.2) is 24.4 Å². The first-order valence-electron chi connectivity index (χ1n) is 4.38. The van der Waals surface area contributed by atoms with Crippen molar-refractivity contribution in [1.82, 2.24) is 10.3 Å². The van der Waals surface area contributed by atoms with Crippen molar-refractivity contribution in [2.24, 2.45) is 0 Å². The molecule has 0 atom stereocenters. The Morgan fingerprint density at radius 2 is 2.31 bits per heavy atom. The summed E-state index contributed by atoms with van der Waals surface area (Å²) in [6, 6.07) is 3.83. The molecule has 0 fully saturated rings. The van der Waals surface area contributed by atoms with Gasteiger partial charge in [0, 0.05) is 12.7 Å². The summed E-state index contributed by atoms with van der Waals surface area (Å²) in [5, 5.41) is 3.87. The zero-order valence-electron chi connectivity index (χ0n) is 7.26. The molecule has 2 nitrogen and oxygen atoms in total. The molecule has 1 aliphatic heterocycles. The molecule has 13 heavy (non-hydrogen) atoms. The minimum atomic E-state index is 0.549. The number of pyridine rings is 1. The Kier molecular flexibility index (Phi) is 2.62. The number of aromatic nitrogens is 1. The van der Waals surface area contributed by atoms with Gasteiger partial charge < -0.3 is 5.32 Å². The van der Waals surface area contributed by atoms with E-state index in [4.69, 9.17) is 11.6 Å². The normalized spacial score (nSPS) is 16.8. The molecule has 2 heterocycles. The molecule has 0 aliphatic carbocycles. The Balaban J connectivity index is 2.24. The average Bonchev–Trinajstić information content (AvgIpc) is 2.20. The fraction of sp³-hybridized carbons (Fsp3) is 0.300. The molecule has 0 amide bonds. The van der Waals surface area contributed by atoms with E-state index in [0.717, 1.165) is 25.1 Å². The Morgan fingerprint density at radius 3 is 2.92 bits per heavy atom. The van der Waals surface area contributed by atoms with Gasteiger partial charge in [-0.15, -0.1) is 0 Å². The first-order chi connectivity index (χ1) is 6.36. The lowest BCUT2D eigenvalue weighted by Crippen LogP contribution is -2.21. The second kappa shape index (κ2) is 3.90. The van der Waals surface area contributed by atoms with Crippen molar-refractivity contribution in [3.8, 4) is 0 Å². The highest BCUT2D eigenvalue weighted by Crippen LogP contribution is 2.16. The molecular weight excluding hydrogens is 184 g/mol. The molecule has 1 aromatic rings. The van der Waals surface area contributed by atoms with E-state index in [0.29, 0.717) is 5.15 Å².